The SMILES string of the molecule is CCCCN(CCCNC=O)c1ccncc1. The van der Waals surface area contributed by atoms with Crippen molar-refractivity contribution < 1.29 is 4.79 Å². The summed E-state index contributed by atoms with van der Waals surface area (Å²) in [7, 11) is 0. The lowest BCUT2D eigenvalue weighted by Crippen LogP contribution is -2.28. The summed E-state index contributed by atoms with van der Waals surface area (Å²) < 4.78 is 0. The highest BCUT2D eigenvalue weighted by molar-refractivity contribution is 5.46. The van der Waals surface area contributed by atoms with Crippen molar-refractivity contribution in [2.75, 3.05) is 24.5 Å². The molecule has 0 bridgehead atoms. The van der Waals surface area contributed by atoms with Crippen molar-refractivity contribution in [1.29, 1.82) is 0 Å². The monoisotopic (exact) mass is 235 g/mol. The van der Waals surface area contributed by atoms with Gasteiger partial charge in [-0.25, -0.2) is 0 Å². The number of amides is 1. The first kappa shape index (κ1) is 13.5. The highest BCUT2D eigenvalue weighted by Crippen LogP contribution is 2.13. The molecule has 0 radical (unpaired) electrons. The van der Waals surface area contributed by atoms with E-state index in [-0.39, 0.29) is 0 Å². The van der Waals surface area contributed by atoms with Crippen LogP contribution in [-0.4, -0.2) is 31.0 Å². The van der Waals surface area contributed by atoms with Crippen molar-refractivity contribution in [1.82, 2.24) is 10.3 Å². The number of aromatic nitrogens is 1. The second-order valence-electron chi connectivity index (χ2n) is 3.97. The topological polar surface area (TPSA) is 45.2 Å². The van der Waals surface area contributed by atoms with Gasteiger partial charge < -0.3 is 10.2 Å². The van der Waals surface area contributed by atoms with E-state index < -0.39 is 0 Å². The van der Waals surface area contributed by atoms with Gasteiger partial charge in [0, 0.05) is 37.7 Å². The second kappa shape index (κ2) is 8.56. The van der Waals surface area contributed by atoms with Crippen LogP contribution in [0.15, 0.2) is 24.5 Å². The molecule has 0 saturated heterocycles. The molecule has 1 aromatic heterocycles. The maximum absolute atomic E-state index is 10.2. The highest BCUT2D eigenvalue weighted by Gasteiger charge is 2.04. The smallest absolute Gasteiger partial charge is 0.207 e. The van der Waals surface area contributed by atoms with Crippen LogP contribution in [0.2, 0.25) is 0 Å². The van der Waals surface area contributed by atoms with E-state index >= 15 is 0 Å². The zero-order valence-electron chi connectivity index (χ0n) is 10.4. The van der Waals surface area contributed by atoms with Crippen LogP contribution in [0.5, 0.6) is 0 Å². The molecule has 4 heteroatoms. The minimum Gasteiger partial charge on any atom is -0.371 e. The predicted molar refractivity (Wildman–Crippen MR) is 70.0 cm³/mol. The van der Waals surface area contributed by atoms with E-state index in [1.807, 2.05) is 24.5 Å². The lowest BCUT2D eigenvalue weighted by atomic mass is 10.2. The van der Waals surface area contributed by atoms with Crippen LogP contribution >= 0.6 is 0 Å². The van der Waals surface area contributed by atoms with Gasteiger partial charge in [0.1, 0.15) is 0 Å². The van der Waals surface area contributed by atoms with Crippen molar-refractivity contribution in [3.05, 3.63) is 24.5 Å². The van der Waals surface area contributed by atoms with Gasteiger partial charge in [-0.3, -0.25) is 9.78 Å². The quantitative estimate of drug-likeness (QED) is 0.524. The number of nitrogens with one attached hydrogen (secondary N) is 1. The van der Waals surface area contributed by atoms with E-state index in [0.717, 1.165) is 32.5 Å². The largest absolute Gasteiger partial charge is 0.371 e. The van der Waals surface area contributed by atoms with Crippen LogP contribution < -0.4 is 10.2 Å². The Bertz CT molecular complexity index is 303. The average molecular weight is 235 g/mol. The molecule has 4 nitrogen and oxygen atoms in total. The molecular formula is C13H21N3O. The number of carbonyl (C=O) groups is 1. The third-order valence-corrected chi connectivity index (χ3v) is 2.64. The van der Waals surface area contributed by atoms with Crippen molar-refractivity contribution in [2.24, 2.45) is 0 Å². The van der Waals surface area contributed by atoms with E-state index in [9.17, 15) is 4.79 Å². The molecule has 1 aromatic rings. The lowest BCUT2D eigenvalue weighted by molar-refractivity contribution is -0.109. The summed E-state index contributed by atoms with van der Waals surface area (Å²) in [5.41, 5.74) is 1.21. The number of unbranched alkanes of at least 4 members (excludes halogenated alkanes) is 1. The maximum Gasteiger partial charge on any atom is 0.207 e. The standard InChI is InChI=1S/C13H21N3O/c1-2-3-10-16(11-4-7-15-12-17)13-5-8-14-9-6-13/h5-6,8-9,12H,2-4,7,10-11H2,1H3,(H,15,17). The van der Waals surface area contributed by atoms with Gasteiger partial charge in [0.15, 0.2) is 0 Å². The molecule has 0 spiro atoms. The second-order valence-corrected chi connectivity index (χ2v) is 3.97. The molecule has 0 aliphatic rings. The molecule has 1 N–H and O–H groups in total. The van der Waals surface area contributed by atoms with E-state index in [1.54, 1.807) is 0 Å². The van der Waals surface area contributed by atoms with E-state index in [1.165, 1.54) is 18.5 Å². The summed E-state index contributed by atoms with van der Waals surface area (Å²) >= 11 is 0. The number of pyridine rings is 1. The Morgan fingerprint density at radius 2 is 2.00 bits per heavy atom. The summed E-state index contributed by atoms with van der Waals surface area (Å²) in [6, 6.07) is 4.06. The number of nitrogens with zero attached hydrogens (tertiary/aromatic N) is 2. The Morgan fingerprint density at radius 1 is 1.29 bits per heavy atom. The van der Waals surface area contributed by atoms with Crippen molar-refractivity contribution in [2.45, 2.75) is 26.2 Å². The number of anilines is 1. The van der Waals surface area contributed by atoms with E-state index in [2.05, 4.69) is 22.1 Å². The van der Waals surface area contributed by atoms with E-state index in [4.69, 9.17) is 0 Å². The van der Waals surface area contributed by atoms with Gasteiger partial charge in [0.25, 0.3) is 0 Å². The zero-order chi connectivity index (χ0) is 12.3. The first-order chi connectivity index (χ1) is 8.38. The molecule has 0 unspecified atom stereocenters. The molecule has 0 saturated carbocycles. The normalized spacial score (nSPS) is 9.94. The van der Waals surface area contributed by atoms with Gasteiger partial charge in [-0.15, -0.1) is 0 Å². The van der Waals surface area contributed by atoms with Gasteiger partial charge >= 0.3 is 0 Å². The van der Waals surface area contributed by atoms with Crippen LogP contribution in [0.4, 0.5) is 5.69 Å². The summed E-state index contributed by atoms with van der Waals surface area (Å²) in [6.45, 7) is 4.95. The van der Waals surface area contributed by atoms with Crippen LogP contribution in [-0.2, 0) is 4.79 Å². The molecule has 0 aliphatic heterocycles. The van der Waals surface area contributed by atoms with Crippen LogP contribution in [0, 0.1) is 0 Å². The summed E-state index contributed by atoms with van der Waals surface area (Å²) in [6.07, 6.45) is 7.72. The molecule has 0 atom stereocenters. The van der Waals surface area contributed by atoms with Crippen LogP contribution in [0.25, 0.3) is 0 Å². The van der Waals surface area contributed by atoms with Crippen LogP contribution in [0.1, 0.15) is 26.2 Å². The number of carbonyl (C=O) groups excluding carboxylic acids is 1. The molecule has 94 valence electrons. The fourth-order valence-corrected chi connectivity index (χ4v) is 1.70. The van der Waals surface area contributed by atoms with Gasteiger partial charge in [0.2, 0.25) is 6.41 Å². The molecule has 1 heterocycles. The summed E-state index contributed by atoms with van der Waals surface area (Å²) in [5.74, 6) is 0. The Balaban J connectivity index is 2.45. The zero-order valence-corrected chi connectivity index (χ0v) is 10.4. The number of hydrogen-bond donors (Lipinski definition) is 1. The Labute approximate surface area is 103 Å². The fourth-order valence-electron chi connectivity index (χ4n) is 1.70. The van der Waals surface area contributed by atoms with E-state index in [0.29, 0.717) is 0 Å². The third kappa shape index (κ3) is 5.33. The Morgan fingerprint density at radius 3 is 2.65 bits per heavy atom. The Hall–Kier alpha value is -1.58. The number of hydrogen-bond acceptors (Lipinski definition) is 3. The summed E-state index contributed by atoms with van der Waals surface area (Å²) in [5, 5.41) is 2.69. The minimum absolute atomic E-state index is 0.733. The van der Waals surface area contributed by atoms with Crippen molar-refractivity contribution in [3.8, 4) is 0 Å². The van der Waals surface area contributed by atoms with Gasteiger partial charge in [-0.1, -0.05) is 13.3 Å². The summed E-state index contributed by atoms with van der Waals surface area (Å²) in [4.78, 5) is 16.5. The van der Waals surface area contributed by atoms with Gasteiger partial charge in [-0.05, 0) is 25.0 Å². The molecule has 0 fully saturated rings. The molecule has 0 aromatic carbocycles. The maximum atomic E-state index is 10.2. The molecule has 17 heavy (non-hydrogen) atoms. The first-order valence-electron chi connectivity index (χ1n) is 6.20. The van der Waals surface area contributed by atoms with Gasteiger partial charge in [-0.2, -0.15) is 0 Å². The lowest BCUT2D eigenvalue weighted by Gasteiger charge is -2.24. The van der Waals surface area contributed by atoms with Gasteiger partial charge in [0.05, 0.1) is 0 Å². The molecule has 1 rings (SSSR count). The molecular weight excluding hydrogens is 214 g/mol. The number of rotatable bonds is 9. The van der Waals surface area contributed by atoms with Crippen molar-refractivity contribution in [3.63, 3.8) is 0 Å². The molecule has 1 amide bonds. The van der Waals surface area contributed by atoms with Crippen LogP contribution in [0.3, 0.4) is 0 Å². The first-order valence-corrected chi connectivity index (χ1v) is 6.20. The Kier molecular flexibility index (Phi) is 6.79. The minimum atomic E-state index is 0.733. The fraction of sp³-hybridized carbons (Fsp3) is 0.538. The average Bonchev–Trinajstić information content (AvgIpc) is 2.39. The molecule has 0 aliphatic carbocycles. The van der Waals surface area contributed by atoms with Crippen molar-refractivity contribution >= 4 is 12.1 Å². The highest BCUT2D eigenvalue weighted by atomic mass is 16.1. The third-order valence-electron chi connectivity index (χ3n) is 2.64. The predicted octanol–water partition coefficient (Wildman–Crippen LogP) is 1.82.